The summed E-state index contributed by atoms with van der Waals surface area (Å²) in [5.74, 6) is -0.546. The summed E-state index contributed by atoms with van der Waals surface area (Å²) in [7, 11) is 0. The SMILES string of the molecule is O=C(NCCCN1C(=O)c2ccc(Br)cc2C1=O)N1CCN(Cc2ccccc2)CC1. The molecule has 0 radical (unpaired) electrons. The van der Waals surface area contributed by atoms with Gasteiger partial charge in [0, 0.05) is 50.3 Å². The molecular formula is C23H25BrN4O3. The van der Waals surface area contributed by atoms with Crippen molar-refractivity contribution in [1.29, 1.82) is 0 Å². The van der Waals surface area contributed by atoms with E-state index < -0.39 is 0 Å². The van der Waals surface area contributed by atoms with Crippen molar-refractivity contribution in [3.63, 3.8) is 0 Å². The summed E-state index contributed by atoms with van der Waals surface area (Å²) < 4.78 is 0.769. The predicted molar refractivity (Wildman–Crippen MR) is 121 cm³/mol. The van der Waals surface area contributed by atoms with E-state index in [1.807, 2.05) is 23.1 Å². The number of carbonyl (C=O) groups is 3. The summed E-state index contributed by atoms with van der Waals surface area (Å²) >= 11 is 3.33. The molecule has 0 bridgehead atoms. The highest BCUT2D eigenvalue weighted by Crippen LogP contribution is 2.26. The van der Waals surface area contributed by atoms with Crippen LogP contribution in [0.15, 0.2) is 53.0 Å². The topological polar surface area (TPSA) is 73.0 Å². The maximum atomic E-state index is 12.5. The van der Waals surface area contributed by atoms with Crippen molar-refractivity contribution in [2.45, 2.75) is 13.0 Å². The number of urea groups is 1. The van der Waals surface area contributed by atoms with Gasteiger partial charge in [-0.2, -0.15) is 0 Å². The molecule has 2 aromatic rings. The molecule has 2 aliphatic rings. The van der Waals surface area contributed by atoms with Crippen LogP contribution in [0.4, 0.5) is 4.79 Å². The first kappa shape index (κ1) is 21.5. The van der Waals surface area contributed by atoms with Crippen LogP contribution in [0.5, 0.6) is 0 Å². The van der Waals surface area contributed by atoms with Crippen molar-refractivity contribution in [3.05, 3.63) is 69.7 Å². The lowest BCUT2D eigenvalue weighted by Crippen LogP contribution is -2.51. The fourth-order valence-electron chi connectivity index (χ4n) is 3.96. The third-order valence-corrected chi connectivity index (χ3v) is 6.17. The first-order valence-corrected chi connectivity index (χ1v) is 11.3. The van der Waals surface area contributed by atoms with Crippen molar-refractivity contribution in [1.82, 2.24) is 20.0 Å². The number of halogens is 1. The number of carbonyl (C=O) groups excluding carboxylic acids is 3. The van der Waals surface area contributed by atoms with Crippen LogP contribution < -0.4 is 5.32 Å². The van der Waals surface area contributed by atoms with Gasteiger partial charge in [-0.1, -0.05) is 46.3 Å². The van der Waals surface area contributed by atoms with Gasteiger partial charge in [-0.25, -0.2) is 4.79 Å². The van der Waals surface area contributed by atoms with Crippen molar-refractivity contribution in [3.8, 4) is 0 Å². The van der Waals surface area contributed by atoms with Crippen molar-refractivity contribution in [2.75, 3.05) is 39.3 Å². The first-order chi connectivity index (χ1) is 15.0. The van der Waals surface area contributed by atoms with Gasteiger partial charge in [0.05, 0.1) is 11.1 Å². The molecule has 1 N–H and O–H groups in total. The smallest absolute Gasteiger partial charge is 0.317 e. The third kappa shape index (κ3) is 4.97. The number of nitrogens with zero attached hydrogens (tertiary/aromatic N) is 3. The molecule has 1 fully saturated rings. The molecule has 2 aliphatic heterocycles. The second-order valence-electron chi connectivity index (χ2n) is 7.79. The highest BCUT2D eigenvalue weighted by molar-refractivity contribution is 9.10. The molecule has 162 valence electrons. The largest absolute Gasteiger partial charge is 0.338 e. The molecule has 2 heterocycles. The molecule has 0 spiro atoms. The quantitative estimate of drug-likeness (QED) is 0.505. The zero-order valence-corrected chi connectivity index (χ0v) is 18.8. The Kier molecular flexibility index (Phi) is 6.67. The van der Waals surface area contributed by atoms with Crippen LogP contribution in [0.2, 0.25) is 0 Å². The van der Waals surface area contributed by atoms with E-state index >= 15 is 0 Å². The van der Waals surface area contributed by atoms with E-state index in [0.717, 1.165) is 24.1 Å². The number of hydrogen-bond acceptors (Lipinski definition) is 4. The van der Waals surface area contributed by atoms with Crippen LogP contribution in [0.25, 0.3) is 0 Å². The average Bonchev–Trinajstić information content (AvgIpc) is 3.01. The standard InChI is InChI=1S/C23H25BrN4O3/c24-18-7-8-19-20(15-18)22(30)28(21(19)29)10-4-9-25-23(31)27-13-11-26(12-14-27)16-17-5-2-1-3-6-17/h1-3,5-8,15H,4,9-14,16H2,(H,25,31). The molecule has 7 nitrogen and oxygen atoms in total. The third-order valence-electron chi connectivity index (χ3n) is 5.68. The normalized spacial score (nSPS) is 16.5. The van der Waals surface area contributed by atoms with Gasteiger partial charge in [-0.15, -0.1) is 0 Å². The van der Waals surface area contributed by atoms with Crippen LogP contribution in [0, 0.1) is 0 Å². The van der Waals surface area contributed by atoms with Gasteiger partial charge in [-0.3, -0.25) is 19.4 Å². The minimum Gasteiger partial charge on any atom is -0.338 e. The highest BCUT2D eigenvalue weighted by atomic mass is 79.9. The van der Waals surface area contributed by atoms with Gasteiger partial charge in [0.25, 0.3) is 11.8 Å². The summed E-state index contributed by atoms with van der Waals surface area (Å²) in [5, 5.41) is 2.91. The Balaban J connectivity index is 1.18. The number of amides is 4. The molecule has 0 aromatic heterocycles. The summed E-state index contributed by atoms with van der Waals surface area (Å²) in [6, 6.07) is 15.3. The summed E-state index contributed by atoms with van der Waals surface area (Å²) in [4.78, 5) is 42.8. The number of piperazine rings is 1. The minimum absolute atomic E-state index is 0.0920. The molecular weight excluding hydrogens is 460 g/mol. The molecule has 0 aliphatic carbocycles. The molecule has 1 saturated heterocycles. The van der Waals surface area contributed by atoms with Crippen molar-refractivity contribution in [2.24, 2.45) is 0 Å². The van der Waals surface area contributed by atoms with E-state index in [2.05, 4.69) is 38.3 Å². The number of benzene rings is 2. The lowest BCUT2D eigenvalue weighted by atomic mass is 10.1. The fraction of sp³-hybridized carbons (Fsp3) is 0.348. The second kappa shape index (κ2) is 9.62. The van der Waals surface area contributed by atoms with Gasteiger partial charge < -0.3 is 10.2 Å². The van der Waals surface area contributed by atoms with Crippen molar-refractivity contribution >= 4 is 33.8 Å². The predicted octanol–water partition coefficient (Wildman–Crippen LogP) is 2.96. The molecule has 0 saturated carbocycles. The Bertz CT molecular complexity index is 974. The lowest BCUT2D eigenvalue weighted by Gasteiger charge is -2.34. The van der Waals surface area contributed by atoms with E-state index in [0.29, 0.717) is 37.2 Å². The molecule has 31 heavy (non-hydrogen) atoms. The Morgan fingerprint density at radius 2 is 1.65 bits per heavy atom. The van der Waals surface area contributed by atoms with Crippen LogP contribution in [0.3, 0.4) is 0 Å². The average molecular weight is 485 g/mol. The first-order valence-electron chi connectivity index (χ1n) is 10.5. The fourth-order valence-corrected chi connectivity index (χ4v) is 4.32. The van der Waals surface area contributed by atoms with Gasteiger partial charge in [0.1, 0.15) is 0 Å². The van der Waals surface area contributed by atoms with E-state index in [9.17, 15) is 14.4 Å². The number of hydrogen-bond donors (Lipinski definition) is 1. The minimum atomic E-state index is -0.276. The summed E-state index contributed by atoms with van der Waals surface area (Å²) in [6.07, 6.45) is 0.520. The van der Waals surface area contributed by atoms with Gasteiger partial charge >= 0.3 is 6.03 Å². The van der Waals surface area contributed by atoms with E-state index in [-0.39, 0.29) is 24.4 Å². The molecule has 2 aromatic carbocycles. The monoisotopic (exact) mass is 484 g/mol. The number of rotatable bonds is 6. The maximum absolute atomic E-state index is 12.5. The number of imide groups is 1. The number of fused-ring (bicyclic) bond motifs is 1. The van der Waals surface area contributed by atoms with E-state index in [4.69, 9.17) is 0 Å². The molecule has 0 atom stereocenters. The lowest BCUT2D eigenvalue weighted by molar-refractivity contribution is 0.0653. The Hall–Kier alpha value is -2.71. The van der Waals surface area contributed by atoms with Crippen LogP contribution in [-0.2, 0) is 6.54 Å². The zero-order chi connectivity index (χ0) is 21.8. The molecule has 0 unspecified atom stereocenters. The van der Waals surface area contributed by atoms with Crippen LogP contribution in [0.1, 0.15) is 32.7 Å². The van der Waals surface area contributed by atoms with E-state index in [1.165, 1.54) is 10.5 Å². The van der Waals surface area contributed by atoms with Crippen molar-refractivity contribution < 1.29 is 14.4 Å². The van der Waals surface area contributed by atoms with Crippen LogP contribution >= 0.6 is 15.9 Å². The van der Waals surface area contributed by atoms with E-state index in [1.54, 1.807) is 18.2 Å². The molecule has 4 amide bonds. The second-order valence-corrected chi connectivity index (χ2v) is 8.70. The maximum Gasteiger partial charge on any atom is 0.317 e. The van der Waals surface area contributed by atoms with Gasteiger partial charge in [0.2, 0.25) is 0 Å². The number of nitrogens with one attached hydrogen (secondary N) is 1. The molecule has 4 rings (SSSR count). The Labute approximate surface area is 190 Å². The summed E-state index contributed by atoms with van der Waals surface area (Å²) in [5.41, 5.74) is 2.14. The molecule has 8 heteroatoms. The summed E-state index contributed by atoms with van der Waals surface area (Å²) in [6.45, 7) is 4.65. The van der Waals surface area contributed by atoms with Gasteiger partial charge in [0.15, 0.2) is 0 Å². The highest BCUT2D eigenvalue weighted by Gasteiger charge is 2.35. The van der Waals surface area contributed by atoms with Crippen LogP contribution in [-0.4, -0.2) is 71.8 Å². The zero-order valence-electron chi connectivity index (χ0n) is 17.2. The van der Waals surface area contributed by atoms with Gasteiger partial charge in [-0.05, 0) is 30.2 Å². The Morgan fingerprint density at radius 1 is 0.935 bits per heavy atom. The Morgan fingerprint density at radius 3 is 2.39 bits per heavy atom.